The smallest absolute Gasteiger partial charge is 0.354 e. The average Bonchev–Trinajstić information content (AvgIpc) is 2.72. The Morgan fingerprint density at radius 2 is 1.64 bits per heavy atom. The summed E-state index contributed by atoms with van der Waals surface area (Å²) < 4.78 is 15.8. The van der Waals surface area contributed by atoms with Gasteiger partial charge >= 0.3 is 5.97 Å². The van der Waals surface area contributed by atoms with Crippen LogP contribution in [-0.4, -0.2) is 42.5 Å². The second-order valence-electron chi connectivity index (χ2n) is 5.59. The lowest BCUT2D eigenvalue weighted by Gasteiger charge is -2.12. The number of hydrogen-bond donors (Lipinski definition) is 2. The largest absolute Gasteiger partial charge is 0.506 e. The number of aromatic hydroxyl groups is 1. The zero-order chi connectivity index (χ0) is 20.3. The Morgan fingerprint density at radius 1 is 0.964 bits per heavy atom. The lowest BCUT2D eigenvalue weighted by atomic mass is 10.1. The lowest BCUT2D eigenvalue weighted by Crippen LogP contribution is -1.99. The van der Waals surface area contributed by atoms with Crippen LogP contribution in [0, 0.1) is 0 Å². The van der Waals surface area contributed by atoms with Crippen LogP contribution >= 0.6 is 0 Å². The highest BCUT2D eigenvalue weighted by atomic mass is 16.5. The normalized spacial score (nSPS) is 11.0. The molecule has 2 aromatic carbocycles. The topological polar surface area (TPSA) is 123 Å². The molecule has 0 atom stereocenters. The first-order valence-corrected chi connectivity index (χ1v) is 8.06. The van der Waals surface area contributed by atoms with Crippen molar-refractivity contribution in [2.24, 2.45) is 10.2 Å². The van der Waals surface area contributed by atoms with Gasteiger partial charge in [-0.1, -0.05) is 0 Å². The van der Waals surface area contributed by atoms with Gasteiger partial charge in [0.05, 0.1) is 32.7 Å². The summed E-state index contributed by atoms with van der Waals surface area (Å²) in [5.41, 5.74) is 0.805. The Hall–Kier alpha value is -3.88. The number of carbonyl (C=O) groups is 1. The summed E-state index contributed by atoms with van der Waals surface area (Å²) in [5.74, 6) is -0.0433. The molecule has 3 aromatic rings. The van der Waals surface area contributed by atoms with Gasteiger partial charge in [0.25, 0.3) is 0 Å². The Labute approximate surface area is 159 Å². The molecule has 144 valence electrons. The van der Waals surface area contributed by atoms with Crippen LogP contribution in [0.1, 0.15) is 10.5 Å². The molecule has 1 aromatic heterocycles. The molecule has 0 aliphatic carbocycles. The molecule has 1 heterocycles. The maximum absolute atomic E-state index is 11.1. The summed E-state index contributed by atoms with van der Waals surface area (Å²) in [5, 5.41) is 27.9. The number of phenols is 1. The molecule has 0 unspecified atom stereocenters. The summed E-state index contributed by atoms with van der Waals surface area (Å²) in [6.07, 6.45) is 0. The van der Waals surface area contributed by atoms with Crippen molar-refractivity contribution in [3.8, 4) is 23.0 Å². The number of methoxy groups -OCH3 is 3. The van der Waals surface area contributed by atoms with Crippen molar-refractivity contribution in [2.75, 3.05) is 21.3 Å². The quantitative estimate of drug-likeness (QED) is 0.615. The molecule has 0 saturated carbocycles. The minimum absolute atomic E-state index is 0.126. The Kier molecular flexibility index (Phi) is 5.25. The number of phenolic OH excluding ortho intramolecular Hbond substituents is 1. The second kappa shape index (κ2) is 7.78. The van der Waals surface area contributed by atoms with Crippen molar-refractivity contribution in [2.45, 2.75) is 0 Å². The minimum atomic E-state index is -1.19. The lowest BCUT2D eigenvalue weighted by molar-refractivity contribution is 0.0691. The highest BCUT2D eigenvalue weighted by molar-refractivity contribution is 5.97. The fourth-order valence-electron chi connectivity index (χ4n) is 2.63. The number of hydrogen-bond acceptors (Lipinski definition) is 8. The number of benzene rings is 2. The van der Waals surface area contributed by atoms with Gasteiger partial charge in [-0.2, -0.15) is 5.11 Å². The van der Waals surface area contributed by atoms with E-state index in [1.807, 2.05) is 0 Å². The number of nitrogens with zero attached hydrogens (tertiary/aromatic N) is 3. The Balaban J connectivity index is 2.06. The van der Waals surface area contributed by atoms with Gasteiger partial charge < -0.3 is 24.4 Å². The molecule has 28 heavy (non-hydrogen) atoms. The predicted molar refractivity (Wildman–Crippen MR) is 101 cm³/mol. The van der Waals surface area contributed by atoms with Gasteiger partial charge in [0.2, 0.25) is 5.75 Å². The second-order valence-corrected chi connectivity index (χ2v) is 5.59. The first-order valence-electron chi connectivity index (χ1n) is 8.06. The summed E-state index contributed by atoms with van der Waals surface area (Å²) in [6.45, 7) is 0. The van der Waals surface area contributed by atoms with E-state index >= 15 is 0 Å². The van der Waals surface area contributed by atoms with Crippen LogP contribution in [0.3, 0.4) is 0 Å². The van der Waals surface area contributed by atoms with E-state index in [1.54, 1.807) is 18.2 Å². The fraction of sp³-hybridized carbons (Fsp3) is 0.158. The highest BCUT2D eigenvalue weighted by Crippen LogP contribution is 2.41. The van der Waals surface area contributed by atoms with Crippen LogP contribution in [0.2, 0.25) is 0 Å². The number of rotatable bonds is 6. The summed E-state index contributed by atoms with van der Waals surface area (Å²) in [7, 11) is 4.50. The van der Waals surface area contributed by atoms with Gasteiger partial charge in [-0.3, -0.25) is 0 Å². The molecule has 0 radical (unpaired) electrons. The maximum Gasteiger partial charge on any atom is 0.354 e. The maximum atomic E-state index is 11.1. The SMILES string of the molecule is COc1cc(N=Nc2ccc(O)c3nc(C(=O)O)ccc23)cc(OC)c1OC. The third-order valence-electron chi connectivity index (χ3n) is 3.95. The van der Waals surface area contributed by atoms with Crippen molar-refractivity contribution in [1.82, 2.24) is 4.98 Å². The van der Waals surface area contributed by atoms with Crippen LogP contribution in [0.5, 0.6) is 23.0 Å². The van der Waals surface area contributed by atoms with Crippen molar-refractivity contribution in [3.63, 3.8) is 0 Å². The van der Waals surface area contributed by atoms with Crippen LogP contribution < -0.4 is 14.2 Å². The van der Waals surface area contributed by atoms with E-state index in [9.17, 15) is 9.90 Å². The monoisotopic (exact) mass is 383 g/mol. The molecule has 2 N–H and O–H groups in total. The summed E-state index contributed by atoms with van der Waals surface area (Å²) in [4.78, 5) is 15.1. The number of aromatic carboxylic acids is 1. The number of aromatic nitrogens is 1. The number of carboxylic acids is 1. The third kappa shape index (κ3) is 3.50. The number of ether oxygens (including phenoxy) is 3. The molecular formula is C19H17N3O6. The number of carboxylic acid groups (broad SMARTS) is 1. The highest BCUT2D eigenvalue weighted by Gasteiger charge is 2.14. The van der Waals surface area contributed by atoms with Crippen molar-refractivity contribution < 1.29 is 29.2 Å². The third-order valence-corrected chi connectivity index (χ3v) is 3.95. The molecule has 0 amide bonds. The summed E-state index contributed by atoms with van der Waals surface area (Å²) >= 11 is 0. The molecular weight excluding hydrogens is 366 g/mol. The van der Waals surface area contributed by atoms with E-state index in [4.69, 9.17) is 19.3 Å². The Bertz CT molecular complexity index is 1060. The van der Waals surface area contributed by atoms with Crippen LogP contribution in [0.25, 0.3) is 10.9 Å². The van der Waals surface area contributed by atoms with E-state index in [-0.39, 0.29) is 17.0 Å². The molecule has 0 fully saturated rings. The number of azo groups is 1. The Morgan fingerprint density at radius 3 is 2.21 bits per heavy atom. The first-order chi connectivity index (χ1) is 13.5. The standard InChI is InChI=1S/C19H17N3O6/c1-26-15-8-10(9-16(27-2)18(15)28-3)21-22-12-6-7-14(23)17-11(12)4-5-13(20-17)19(24)25/h4-9,23H,1-3H3,(H,24,25). The number of pyridine rings is 1. The van der Waals surface area contributed by atoms with Gasteiger partial charge in [0, 0.05) is 17.5 Å². The zero-order valence-electron chi connectivity index (χ0n) is 15.3. The molecule has 0 spiro atoms. The molecule has 0 aliphatic heterocycles. The van der Waals surface area contributed by atoms with E-state index in [0.717, 1.165) is 0 Å². The van der Waals surface area contributed by atoms with Crippen LogP contribution in [0.4, 0.5) is 11.4 Å². The van der Waals surface area contributed by atoms with E-state index in [1.165, 1.54) is 39.5 Å². The molecule has 9 nitrogen and oxygen atoms in total. The van der Waals surface area contributed by atoms with E-state index < -0.39 is 5.97 Å². The van der Waals surface area contributed by atoms with E-state index in [0.29, 0.717) is 34.0 Å². The van der Waals surface area contributed by atoms with Gasteiger partial charge in [-0.15, -0.1) is 5.11 Å². The predicted octanol–water partition coefficient (Wildman–Crippen LogP) is 4.08. The van der Waals surface area contributed by atoms with Crippen molar-refractivity contribution >= 4 is 28.2 Å². The molecule has 0 bridgehead atoms. The van der Waals surface area contributed by atoms with E-state index in [2.05, 4.69) is 15.2 Å². The fourth-order valence-corrected chi connectivity index (χ4v) is 2.63. The van der Waals surface area contributed by atoms with Crippen LogP contribution in [-0.2, 0) is 0 Å². The molecule has 0 saturated heterocycles. The first kappa shape index (κ1) is 18.9. The van der Waals surface area contributed by atoms with Crippen molar-refractivity contribution in [1.29, 1.82) is 0 Å². The number of fused-ring (bicyclic) bond motifs is 1. The van der Waals surface area contributed by atoms with Gasteiger partial charge in [0.1, 0.15) is 17.0 Å². The van der Waals surface area contributed by atoms with Gasteiger partial charge in [-0.05, 0) is 24.3 Å². The molecule has 3 rings (SSSR count). The van der Waals surface area contributed by atoms with Gasteiger partial charge in [0.15, 0.2) is 11.5 Å². The van der Waals surface area contributed by atoms with Crippen molar-refractivity contribution in [3.05, 3.63) is 42.1 Å². The summed E-state index contributed by atoms with van der Waals surface area (Å²) in [6, 6.07) is 9.06. The minimum Gasteiger partial charge on any atom is -0.506 e. The molecule has 9 heteroatoms. The average molecular weight is 383 g/mol. The van der Waals surface area contributed by atoms with Gasteiger partial charge in [-0.25, -0.2) is 9.78 Å². The van der Waals surface area contributed by atoms with Crippen LogP contribution in [0.15, 0.2) is 46.6 Å². The zero-order valence-corrected chi connectivity index (χ0v) is 15.3. The molecule has 0 aliphatic rings.